The zero-order valence-electron chi connectivity index (χ0n) is 20.3. The van der Waals surface area contributed by atoms with Crippen LogP contribution < -0.4 is 0 Å². The van der Waals surface area contributed by atoms with Crippen molar-refractivity contribution in [3.63, 3.8) is 0 Å². The van der Waals surface area contributed by atoms with E-state index in [2.05, 4.69) is 34.1 Å². The van der Waals surface area contributed by atoms with Crippen LogP contribution in [-0.4, -0.2) is 41.2 Å². The smallest absolute Gasteiger partial charge is 0.135 e. The Kier molecular flexibility index (Phi) is 5.05. The standard InChI is InChI=1S/C27H26F2N6O/c1-15(36)13-35-14-16(10-31-35)22-11-30-12-23(32-22)27-8-7-18(26(27,2)3)17-9-21(33-34-25(17)27)24-19(28)5-4-6-20(24)29/h4-6,9-12,14-15,18,36H,7-8,13H2,1-3H3/t15-,18-,27-/m0/s1. The van der Waals surface area contributed by atoms with Crippen LogP contribution in [0.2, 0.25) is 0 Å². The molecule has 1 saturated carbocycles. The van der Waals surface area contributed by atoms with Crippen molar-refractivity contribution >= 4 is 0 Å². The van der Waals surface area contributed by atoms with Gasteiger partial charge in [0, 0.05) is 18.0 Å². The van der Waals surface area contributed by atoms with Gasteiger partial charge in [0.1, 0.15) is 11.6 Å². The molecule has 1 N–H and O–H groups in total. The van der Waals surface area contributed by atoms with E-state index in [1.165, 1.54) is 18.2 Å². The normalized spacial score (nSPS) is 22.6. The third-order valence-corrected chi connectivity index (χ3v) is 8.05. The lowest BCUT2D eigenvalue weighted by molar-refractivity contribution is 0.168. The van der Waals surface area contributed by atoms with Crippen LogP contribution in [0, 0.1) is 17.0 Å². The van der Waals surface area contributed by atoms with Gasteiger partial charge < -0.3 is 5.11 Å². The van der Waals surface area contributed by atoms with Gasteiger partial charge >= 0.3 is 0 Å². The lowest BCUT2D eigenvalue weighted by atomic mass is 9.66. The van der Waals surface area contributed by atoms with Crippen LogP contribution in [0.5, 0.6) is 0 Å². The predicted octanol–water partition coefficient (Wildman–Crippen LogP) is 4.66. The maximum absolute atomic E-state index is 14.5. The molecule has 1 fully saturated rings. The first-order valence-corrected chi connectivity index (χ1v) is 12.1. The van der Waals surface area contributed by atoms with Crippen molar-refractivity contribution in [2.45, 2.75) is 57.6 Å². The molecular formula is C27H26F2N6O. The molecule has 36 heavy (non-hydrogen) atoms. The fraction of sp³-hybridized carbons (Fsp3) is 0.370. The molecule has 184 valence electrons. The van der Waals surface area contributed by atoms with Gasteiger partial charge in [0.15, 0.2) is 0 Å². The van der Waals surface area contributed by atoms with Gasteiger partial charge in [0.25, 0.3) is 0 Å². The Balaban J connectivity index is 1.46. The van der Waals surface area contributed by atoms with Gasteiger partial charge in [-0.3, -0.25) is 9.67 Å². The Morgan fingerprint density at radius 3 is 2.64 bits per heavy atom. The molecule has 4 aromatic rings. The Bertz CT molecular complexity index is 1460. The maximum Gasteiger partial charge on any atom is 0.135 e. The third-order valence-electron chi connectivity index (χ3n) is 8.05. The minimum absolute atomic E-state index is 0.149. The highest BCUT2D eigenvalue weighted by Crippen LogP contribution is 2.69. The average Bonchev–Trinajstić information content (AvgIpc) is 3.46. The molecule has 2 bridgehead atoms. The Labute approximate surface area is 207 Å². The number of nitrogens with zero attached hydrogens (tertiary/aromatic N) is 6. The van der Waals surface area contributed by atoms with E-state index in [0.717, 1.165) is 35.4 Å². The van der Waals surface area contributed by atoms with Crippen LogP contribution in [0.1, 0.15) is 56.5 Å². The molecule has 2 aliphatic rings. The summed E-state index contributed by atoms with van der Waals surface area (Å²) in [4.78, 5) is 9.54. The number of benzene rings is 1. The first-order chi connectivity index (χ1) is 17.2. The summed E-state index contributed by atoms with van der Waals surface area (Å²) in [6.45, 7) is 6.50. The average molecular weight is 489 g/mol. The monoisotopic (exact) mass is 488 g/mol. The fourth-order valence-corrected chi connectivity index (χ4v) is 6.33. The van der Waals surface area contributed by atoms with Gasteiger partial charge in [0.2, 0.25) is 0 Å². The number of rotatable bonds is 5. The molecule has 6 rings (SSSR count). The Hall–Kier alpha value is -3.59. The molecule has 0 unspecified atom stereocenters. The summed E-state index contributed by atoms with van der Waals surface area (Å²) < 4.78 is 30.7. The summed E-state index contributed by atoms with van der Waals surface area (Å²) >= 11 is 0. The number of aromatic nitrogens is 6. The SMILES string of the molecule is C[C@H](O)Cn1cc(-c2cncc([C@@]34CC[C@@H](c5cc(-c6c(F)cccc6F)nnc53)C4(C)C)n2)cn1. The number of fused-ring (bicyclic) bond motifs is 5. The Morgan fingerprint density at radius 1 is 1.11 bits per heavy atom. The highest BCUT2D eigenvalue weighted by molar-refractivity contribution is 5.64. The van der Waals surface area contributed by atoms with Crippen LogP contribution in [0.3, 0.4) is 0 Å². The van der Waals surface area contributed by atoms with Crippen molar-refractivity contribution in [1.82, 2.24) is 29.9 Å². The summed E-state index contributed by atoms with van der Waals surface area (Å²) in [6, 6.07) is 5.61. The largest absolute Gasteiger partial charge is 0.391 e. The van der Waals surface area contributed by atoms with Crippen molar-refractivity contribution in [1.29, 1.82) is 0 Å². The van der Waals surface area contributed by atoms with Crippen LogP contribution in [0.4, 0.5) is 8.78 Å². The van der Waals surface area contributed by atoms with Crippen LogP contribution >= 0.6 is 0 Å². The first-order valence-electron chi connectivity index (χ1n) is 12.1. The van der Waals surface area contributed by atoms with E-state index < -0.39 is 23.2 Å². The molecule has 7 nitrogen and oxygen atoms in total. The van der Waals surface area contributed by atoms with Gasteiger partial charge in [-0.25, -0.2) is 13.8 Å². The number of halogens is 2. The van der Waals surface area contributed by atoms with Gasteiger partial charge in [-0.1, -0.05) is 19.9 Å². The van der Waals surface area contributed by atoms with Crippen LogP contribution in [-0.2, 0) is 12.0 Å². The summed E-state index contributed by atoms with van der Waals surface area (Å²) in [5, 5.41) is 22.9. The second kappa shape index (κ2) is 7.96. The van der Waals surface area contributed by atoms with E-state index in [9.17, 15) is 13.9 Å². The third kappa shape index (κ3) is 3.15. The molecule has 3 aromatic heterocycles. The zero-order valence-corrected chi connectivity index (χ0v) is 20.3. The summed E-state index contributed by atoms with van der Waals surface area (Å²) in [6.07, 6.45) is 8.28. The number of hydrogen-bond donors (Lipinski definition) is 1. The van der Waals surface area contributed by atoms with Gasteiger partial charge in [-0.05, 0) is 54.9 Å². The van der Waals surface area contributed by atoms with Crippen molar-refractivity contribution in [2.75, 3.05) is 0 Å². The van der Waals surface area contributed by atoms with E-state index in [1.54, 1.807) is 36.3 Å². The molecule has 2 aliphatic carbocycles. The van der Waals surface area contributed by atoms with E-state index in [0.29, 0.717) is 12.2 Å². The zero-order chi connectivity index (χ0) is 25.2. The van der Waals surface area contributed by atoms with Gasteiger partial charge in [-0.2, -0.15) is 10.2 Å². The molecule has 1 aromatic carbocycles. The fourth-order valence-electron chi connectivity index (χ4n) is 6.33. The van der Waals surface area contributed by atoms with Gasteiger partial charge in [-0.15, -0.1) is 5.10 Å². The molecule has 0 spiro atoms. The predicted molar refractivity (Wildman–Crippen MR) is 129 cm³/mol. The molecule has 9 heteroatoms. The molecule has 0 amide bonds. The van der Waals surface area contributed by atoms with Crippen molar-refractivity contribution in [3.05, 3.63) is 77.6 Å². The van der Waals surface area contributed by atoms with Crippen LogP contribution in [0.15, 0.2) is 49.1 Å². The van der Waals surface area contributed by atoms with E-state index in [1.807, 2.05) is 6.20 Å². The number of hydrogen-bond acceptors (Lipinski definition) is 6. The lowest BCUT2D eigenvalue weighted by Crippen LogP contribution is -2.38. The van der Waals surface area contributed by atoms with E-state index >= 15 is 0 Å². The molecule has 0 saturated heterocycles. The summed E-state index contributed by atoms with van der Waals surface area (Å²) in [5.74, 6) is -1.16. The van der Waals surface area contributed by atoms with Crippen molar-refractivity contribution in [3.8, 4) is 22.5 Å². The molecule has 3 heterocycles. The van der Waals surface area contributed by atoms with Crippen molar-refractivity contribution in [2.24, 2.45) is 5.41 Å². The molecule has 0 radical (unpaired) electrons. The number of aliphatic hydroxyl groups is 1. The molecule has 0 aliphatic heterocycles. The second-order valence-corrected chi connectivity index (χ2v) is 10.4. The second-order valence-electron chi connectivity index (χ2n) is 10.4. The minimum Gasteiger partial charge on any atom is -0.391 e. The lowest BCUT2D eigenvalue weighted by Gasteiger charge is -2.37. The summed E-state index contributed by atoms with van der Waals surface area (Å²) in [5.41, 5.74) is 3.34. The van der Waals surface area contributed by atoms with Crippen LogP contribution in [0.25, 0.3) is 22.5 Å². The van der Waals surface area contributed by atoms with E-state index in [4.69, 9.17) is 4.98 Å². The minimum atomic E-state index is -0.656. The van der Waals surface area contributed by atoms with Gasteiger partial charge in [0.05, 0.1) is 58.8 Å². The highest BCUT2D eigenvalue weighted by Gasteiger charge is 2.65. The number of aliphatic hydroxyl groups excluding tert-OH is 1. The topological polar surface area (TPSA) is 89.6 Å². The van der Waals surface area contributed by atoms with Crippen molar-refractivity contribution < 1.29 is 13.9 Å². The molecular weight excluding hydrogens is 462 g/mol. The highest BCUT2D eigenvalue weighted by atomic mass is 19.1. The molecule has 3 atom stereocenters. The maximum atomic E-state index is 14.5. The Morgan fingerprint density at radius 2 is 1.89 bits per heavy atom. The summed E-state index contributed by atoms with van der Waals surface area (Å²) in [7, 11) is 0. The quantitative estimate of drug-likeness (QED) is 0.440. The van der Waals surface area contributed by atoms with E-state index in [-0.39, 0.29) is 22.6 Å². The first kappa shape index (κ1) is 22.8.